The second-order valence-corrected chi connectivity index (χ2v) is 13.1. The number of aromatic nitrogens is 2. The summed E-state index contributed by atoms with van der Waals surface area (Å²) in [4.78, 5) is 8.91. The highest BCUT2D eigenvalue weighted by atomic mass is 35.5. The number of nitrogens with one attached hydrogen (secondary N) is 1. The lowest BCUT2D eigenvalue weighted by Crippen LogP contribution is -2.27. The second kappa shape index (κ2) is 13.7. The molecule has 43 heavy (non-hydrogen) atoms. The number of anilines is 2. The smallest absolute Gasteiger partial charge is 0.152 e. The van der Waals surface area contributed by atoms with Crippen LogP contribution in [-0.2, 0) is 31.5 Å². The average molecular weight is 626 g/mol. The van der Waals surface area contributed by atoms with Gasteiger partial charge in [-0.2, -0.15) is 0 Å². The van der Waals surface area contributed by atoms with Crippen LogP contribution in [0.2, 0.25) is 5.02 Å². The minimum atomic E-state index is -3.09. The van der Waals surface area contributed by atoms with E-state index in [-0.39, 0.29) is 30.5 Å². The van der Waals surface area contributed by atoms with Crippen molar-refractivity contribution in [1.29, 1.82) is 0 Å². The average Bonchev–Trinajstić information content (AvgIpc) is 3.46. The van der Waals surface area contributed by atoms with Crippen molar-refractivity contribution >= 4 is 43.8 Å². The van der Waals surface area contributed by atoms with Gasteiger partial charge in [-0.3, -0.25) is 0 Å². The molecule has 5 rings (SSSR count). The molecule has 1 atom stereocenters. The zero-order valence-electron chi connectivity index (χ0n) is 23.8. The van der Waals surface area contributed by atoms with Crippen molar-refractivity contribution in [1.82, 2.24) is 9.97 Å². The fourth-order valence-corrected chi connectivity index (χ4v) is 6.39. The molecule has 0 saturated heterocycles. The lowest BCUT2D eigenvalue weighted by molar-refractivity contribution is 0.00280. The number of benzene rings is 3. The molecule has 0 aliphatic carbocycles. The summed E-state index contributed by atoms with van der Waals surface area (Å²) >= 11 is 6.51. The highest BCUT2D eigenvalue weighted by Crippen LogP contribution is 2.40. The minimum Gasteiger partial charge on any atom is -0.490 e. The molecule has 0 radical (unpaired) electrons. The monoisotopic (exact) mass is 625 g/mol. The zero-order chi connectivity index (χ0) is 30.3. The molecule has 0 fully saturated rings. The topological polar surface area (TPSA) is 99.6 Å². The summed E-state index contributed by atoms with van der Waals surface area (Å²) in [6, 6.07) is 17.5. The Hall–Kier alpha value is -3.73. The van der Waals surface area contributed by atoms with Crippen molar-refractivity contribution in [3.8, 4) is 5.75 Å². The molecule has 2 heterocycles. The number of fused-ring (bicyclic) bond motifs is 1. The quantitative estimate of drug-likeness (QED) is 0.148. The molecular weight excluding hydrogens is 593 g/mol. The minimum absolute atomic E-state index is 0.0133. The van der Waals surface area contributed by atoms with E-state index in [4.69, 9.17) is 25.8 Å². The Kier molecular flexibility index (Phi) is 9.79. The Morgan fingerprint density at radius 2 is 1.95 bits per heavy atom. The molecule has 1 N–H and O–H groups in total. The van der Waals surface area contributed by atoms with Crippen molar-refractivity contribution in [3.05, 3.63) is 101 Å². The van der Waals surface area contributed by atoms with Gasteiger partial charge < -0.3 is 19.5 Å². The Bertz CT molecular complexity index is 1710. The molecular formula is C32H33ClFN3O5S. The molecule has 0 saturated carbocycles. The maximum absolute atomic E-state index is 13.5. The van der Waals surface area contributed by atoms with Crippen LogP contribution in [-0.4, -0.2) is 43.1 Å². The zero-order valence-corrected chi connectivity index (χ0v) is 25.3. The van der Waals surface area contributed by atoms with Gasteiger partial charge in [0.05, 0.1) is 35.8 Å². The highest BCUT2D eigenvalue weighted by molar-refractivity contribution is 7.91. The summed E-state index contributed by atoms with van der Waals surface area (Å²) in [5.41, 5.74) is 2.44. The van der Waals surface area contributed by atoms with Crippen LogP contribution in [0.25, 0.3) is 10.9 Å². The lowest BCUT2D eigenvalue weighted by atomic mass is 9.87. The second-order valence-electron chi connectivity index (χ2n) is 10.3. The van der Waals surface area contributed by atoms with E-state index in [0.29, 0.717) is 53.7 Å². The molecule has 11 heteroatoms. The van der Waals surface area contributed by atoms with Crippen molar-refractivity contribution in [2.45, 2.75) is 38.4 Å². The molecule has 0 bridgehead atoms. The first-order chi connectivity index (χ1) is 20.8. The van der Waals surface area contributed by atoms with Gasteiger partial charge in [0, 0.05) is 29.7 Å². The van der Waals surface area contributed by atoms with Gasteiger partial charge in [-0.25, -0.2) is 22.8 Å². The summed E-state index contributed by atoms with van der Waals surface area (Å²) in [5, 5.41) is 4.52. The fraction of sp³-hybridized carbons (Fsp3) is 0.312. The summed E-state index contributed by atoms with van der Waals surface area (Å²) in [6.45, 7) is 2.54. The Morgan fingerprint density at radius 3 is 2.72 bits per heavy atom. The molecule has 1 aliphatic heterocycles. The lowest BCUT2D eigenvalue weighted by Gasteiger charge is -2.29. The van der Waals surface area contributed by atoms with Crippen LogP contribution in [0.1, 0.15) is 37.3 Å². The van der Waals surface area contributed by atoms with Crippen LogP contribution in [0.5, 0.6) is 5.75 Å². The third-order valence-electron chi connectivity index (χ3n) is 7.18. The van der Waals surface area contributed by atoms with E-state index in [9.17, 15) is 12.8 Å². The molecule has 226 valence electrons. The van der Waals surface area contributed by atoms with Crippen LogP contribution in [0, 0.1) is 5.82 Å². The largest absolute Gasteiger partial charge is 0.490 e. The van der Waals surface area contributed by atoms with E-state index < -0.39 is 15.4 Å². The van der Waals surface area contributed by atoms with E-state index in [2.05, 4.69) is 15.3 Å². The van der Waals surface area contributed by atoms with Gasteiger partial charge in [-0.05, 0) is 66.1 Å². The Labute approximate surface area is 255 Å². The predicted octanol–water partition coefficient (Wildman–Crippen LogP) is 7.11. The van der Waals surface area contributed by atoms with Crippen molar-refractivity contribution < 1.29 is 27.0 Å². The molecule has 1 aromatic heterocycles. The van der Waals surface area contributed by atoms with Crippen LogP contribution in [0.15, 0.2) is 79.3 Å². The van der Waals surface area contributed by atoms with Gasteiger partial charge in [0.1, 0.15) is 35.9 Å². The van der Waals surface area contributed by atoms with Crippen LogP contribution in [0.3, 0.4) is 0 Å². The van der Waals surface area contributed by atoms with Crippen molar-refractivity contribution in [2.75, 3.05) is 30.0 Å². The van der Waals surface area contributed by atoms with Crippen LogP contribution < -0.4 is 10.1 Å². The summed E-state index contributed by atoms with van der Waals surface area (Å²) < 4.78 is 55.1. The first-order valence-electron chi connectivity index (χ1n) is 14.1. The number of ether oxygens (including phenoxy) is 3. The van der Waals surface area contributed by atoms with E-state index >= 15 is 0 Å². The third-order valence-corrected chi connectivity index (χ3v) is 9.30. The number of sulfone groups is 1. The molecule has 1 unspecified atom stereocenters. The van der Waals surface area contributed by atoms with E-state index in [1.54, 1.807) is 30.5 Å². The summed E-state index contributed by atoms with van der Waals surface area (Å²) in [5.74, 6) is 0.930. The fourth-order valence-electron chi connectivity index (χ4n) is 4.95. The first-order valence-corrected chi connectivity index (χ1v) is 16.3. The molecule has 4 aromatic rings. The Balaban J connectivity index is 1.29. The molecule has 1 aliphatic rings. The SMILES string of the molecule is CCCS(=O)(=O)CCOCCC1(c2ccc3ncnc(Nc4ccc(OCc5cccc(F)c5)c(Cl)c4)c3c2)CC=CO1. The highest BCUT2D eigenvalue weighted by Gasteiger charge is 2.35. The normalized spacial score (nSPS) is 16.3. The summed E-state index contributed by atoms with van der Waals surface area (Å²) in [7, 11) is -3.09. The number of hydrogen-bond acceptors (Lipinski definition) is 8. The van der Waals surface area contributed by atoms with E-state index in [0.717, 1.165) is 16.5 Å². The van der Waals surface area contributed by atoms with Crippen molar-refractivity contribution in [3.63, 3.8) is 0 Å². The van der Waals surface area contributed by atoms with Gasteiger partial charge in [-0.15, -0.1) is 0 Å². The van der Waals surface area contributed by atoms with E-state index in [1.807, 2.05) is 37.3 Å². The molecule has 0 spiro atoms. The number of rotatable bonds is 14. The van der Waals surface area contributed by atoms with E-state index in [1.165, 1.54) is 18.5 Å². The molecule has 0 amide bonds. The maximum Gasteiger partial charge on any atom is 0.152 e. The Morgan fingerprint density at radius 1 is 1.07 bits per heavy atom. The number of halogens is 2. The standard InChI is InChI=1S/C32H33ClFN3O5S/c1-2-16-43(38,39)17-15-40-14-12-32(11-4-13-42-32)24-7-9-29-27(19-24)31(36-22-35-29)37-26-8-10-30(28(33)20-26)41-21-23-5-3-6-25(34)18-23/h3-10,13,18-20,22H,2,11-12,14-17,21H2,1H3,(H,35,36,37). The van der Waals surface area contributed by atoms with Gasteiger partial charge >= 0.3 is 0 Å². The number of nitrogens with zero attached hydrogens (tertiary/aromatic N) is 2. The third kappa shape index (κ3) is 7.81. The van der Waals surface area contributed by atoms with Gasteiger partial charge in [0.15, 0.2) is 9.84 Å². The van der Waals surface area contributed by atoms with Gasteiger partial charge in [0.2, 0.25) is 0 Å². The molecule has 3 aromatic carbocycles. The summed E-state index contributed by atoms with van der Waals surface area (Å²) in [6.07, 6.45) is 6.94. The van der Waals surface area contributed by atoms with Crippen molar-refractivity contribution in [2.24, 2.45) is 0 Å². The number of hydrogen-bond donors (Lipinski definition) is 1. The maximum atomic E-state index is 13.5. The van der Waals surface area contributed by atoms with Crippen LogP contribution >= 0.6 is 11.6 Å². The molecule has 8 nitrogen and oxygen atoms in total. The van der Waals surface area contributed by atoms with Crippen LogP contribution in [0.4, 0.5) is 15.9 Å². The van der Waals surface area contributed by atoms with Gasteiger partial charge in [0.25, 0.3) is 0 Å². The predicted molar refractivity (Wildman–Crippen MR) is 166 cm³/mol. The van der Waals surface area contributed by atoms with Gasteiger partial charge in [-0.1, -0.05) is 36.7 Å². The first kappa shape index (κ1) is 30.7.